The van der Waals surface area contributed by atoms with E-state index in [1.165, 1.54) is 6.92 Å². The number of ether oxygens (including phenoxy) is 2. The molecule has 0 N–H and O–H groups in total. The third-order valence-electron chi connectivity index (χ3n) is 3.11. The first-order chi connectivity index (χ1) is 10.6. The Morgan fingerprint density at radius 2 is 1.77 bits per heavy atom. The van der Waals surface area contributed by atoms with E-state index in [9.17, 15) is 9.59 Å². The lowest BCUT2D eigenvalue weighted by atomic mass is 10.1. The first-order valence-corrected chi connectivity index (χ1v) is 7.04. The molecule has 0 aliphatic heterocycles. The Morgan fingerprint density at radius 3 is 2.45 bits per heavy atom. The zero-order chi connectivity index (χ0) is 15.9. The Morgan fingerprint density at radius 1 is 1.05 bits per heavy atom. The van der Waals surface area contributed by atoms with Crippen LogP contribution >= 0.6 is 0 Å². The highest BCUT2D eigenvalue weighted by atomic mass is 16.6. The molecule has 0 saturated heterocycles. The summed E-state index contributed by atoms with van der Waals surface area (Å²) in [6.07, 6.45) is -0.745. The quantitative estimate of drug-likeness (QED) is 0.606. The second-order valence-electron chi connectivity index (χ2n) is 4.94. The molecule has 0 heterocycles. The van der Waals surface area contributed by atoms with Gasteiger partial charge >= 0.3 is 5.97 Å². The fourth-order valence-corrected chi connectivity index (χ4v) is 1.89. The summed E-state index contributed by atoms with van der Waals surface area (Å²) in [5.41, 5.74) is 1.46. The number of carbonyl (C=O) groups excluding carboxylic acids is 2. The van der Waals surface area contributed by atoms with Crippen LogP contribution in [0.15, 0.2) is 54.6 Å². The topological polar surface area (TPSA) is 52.6 Å². The number of ketones is 1. The number of benzene rings is 2. The highest BCUT2D eigenvalue weighted by Crippen LogP contribution is 2.16. The maximum absolute atomic E-state index is 11.9. The van der Waals surface area contributed by atoms with Crippen molar-refractivity contribution in [2.24, 2.45) is 0 Å². The van der Waals surface area contributed by atoms with Crippen LogP contribution in [0.25, 0.3) is 0 Å². The van der Waals surface area contributed by atoms with Gasteiger partial charge < -0.3 is 9.47 Å². The van der Waals surface area contributed by atoms with E-state index in [0.29, 0.717) is 11.3 Å². The smallest absolute Gasteiger partial charge is 0.347 e. The van der Waals surface area contributed by atoms with Crippen LogP contribution in [0.3, 0.4) is 0 Å². The van der Waals surface area contributed by atoms with Crippen molar-refractivity contribution in [1.82, 2.24) is 0 Å². The SMILES string of the molecule is CC(=O)c1cccc(OC(C)C(=O)OCc2ccccc2)c1. The van der Waals surface area contributed by atoms with Gasteiger partial charge in [-0.2, -0.15) is 0 Å². The minimum absolute atomic E-state index is 0.0512. The number of carbonyl (C=O) groups is 2. The third-order valence-corrected chi connectivity index (χ3v) is 3.11. The molecule has 2 aromatic carbocycles. The van der Waals surface area contributed by atoms with Crippen LogP contribution in [0.2, 0.25) is 0 Å². The number of rotatable bonds is 6. The van der Waals surface area contributed by atoms with Crippen molar-refractivity contribution in [2.45, 2.75) is 26.6 Å². The van der Waals surface area contributed by atoms with E-state index in [2.05, 4.69) is 0 Å². The lowest BCUT2D eigenvalue weighted by molar-refractivity contribution is -0.152. The summed E-state index contributed by atoms with van der Waals surface area (Å²) in [7, 11) is 0. The van der Waals surface area contributed by atoms with Gasteiger partial charge in [0, 0.05) is 5.56 Å². The van der Waals surface area contributed by atoms with Crippen molar-refractivity contribution in [3.05, 3.63) is 65.7 Å². The second kappa shape index (κ2) is 7.41. The van der Waals surface area contributed by atoms with Crippen molar-refractivity contribution in [3.8, 4) is 5.75 Å². The fraction of sp³-hybridized carbons (Fsp3) is 0.222. The molecule has 2 rings (SSSR count). The molecule has 22 heavy (non-hydrogen) atoms. The molecule has 0 aliphatic rings. The molecule has 114 valence electrons. The van der Waals surface area contributed by atoms with Gasteiger partial charge in [-0.05, 0) is 31.5 Å². The van der Waals surface area contributed by atoms with Crippen molar-refractivity contribution in [1.29, 1.82) is 0 Å². The maximum Gasteiger partial charge on any atom is 0.347 e. The third kappa shape index (κ3) is 4.45. The molecule has 0 fully saturated rings. The Balaban J connectivity index is 1.91. The van der Waals surface area contributed by atoms with Gasteiger partial charge in [-0.3, -0.25) is 4.79 Å². The zero-order valence-electron chi connectivity index (χ0n) is 12.6. The molecule has 0 aliphatic carbocycles. The molecule has 1 atom stereocenters. The minimum atomic E-state index is -0.745. The molecule has 0 radical (unpaired) electrons. The Kier molecular flexibility index (Phi) is 5.31. The highest BCUT2D eigenvalue weighted by molar-refractivity contribution is 5.94. The summed E-state index contributed by atoms with van der Waals surface area (Å²) < 4.78 is 10.7. The number of hydrogen-bond acceptors (Lipinski definition) is 4. The fourth-order valence-electron chi connectivity index (χ4n) is 1.89. The molecule has 1 unspecified atom stereocenters. The lowest BCUT2D eigenvalue weighted by Crippen LogP contribution is -2.26. The van der Waals surface area contributed by atoms with Crippen molar-refractivity contribution in [2.75, 3.05) is 0 Å². The zero-order valence-corrected chi connectivity index (χ0v) is 12.6. The average Bonchev–Trinajstić information content (AvgIpc) is 2.53. The van der Waals surface area contributed by atoms with Gasteiger partial charge in [-0.1, -0.05) is 42.5 Å². The molecule has 0 saturated carbocycles. The number of esters is 1. The largest absolute Gasteiger partial charge is 0.479 e. The van der Waals surface area contributed by atoms with E-state index in [0.717, 1.165) is 5.56 Å². The molecule has 0 spiro atoms. The molecule has 0 bridgehead atoms. The van der Waals surface area contributed by atoms with Crippen LogP contribution < -0.4 is 4.74 Å². The molecule has 4 nitrogen and oxygen atoms in total. The minimum Gasteiger partial charge on any atom is -0.479 e. The molecular weight excluding hydrogens is 280 g/mol. The number of hydrogen-bond donors (Lipinski definition) is 0. The van der Waals surface area contributed by atoms with Gasteiger partial charge in [0.15, 0.2) is 11.9 Å². The van der Waals surface area contributed by atoms with Crippen LogP contribution in [-0.4, -0.2) is 17.9 Å². The first-order valence-electron chi connectivity index (χ1n) is 7.04. The molecule has 4 heteroatoms. The second-order valence-corrected chi connectivity index (χ2v) is 4.94. The molecular formula is C18H18O4. The van der Waals surface area contributed by atoms with Crippen LogP contribution in [0.4, 0.5) is 0 Å². The number of Topliss-reactive ketones (excluding diaryl/α,β-unsaturated/α-hetero) is 1. The summed E-state index contributed by atoms with van der Waals surface area (Å²) in [5.74, 6) is -0.0290. The highest BCUT2D eigenvalue weighted by Gasteiger charge is 2.16. The van der Waals surface area contributed by atoms with E-state index in [-0.39, 0.29) is 12.4 Å². The predicted molar refractivity (Wildman–Crippen MR) is 82.8 cm³/mol. The van der Waals surface area contributed by atoms with Gasteiger partial charge in [0.2, 0.25) is 0 Å². The predicted octanol–water partition coefficient (Wildman–Crippen LogP) is 3.40. The standard InChI is InChI=1S/C18H18O4/c1-13(19)16-9-6-10-17(11-16)22-14(2)18(20)21-12-15-7-4-3-5-8-15/h3-11,14H,12H2,1-2H3. The normalized spacial score (nSPS) is 11.5. The average molecular weight is 298 g/mol. The van der Waals surface area contributed by atoms with Crippen molar-refractivity contribution < 1.29 is 19.1 Å². The van der Waals surface area contributed by atoms with E-state index in [1.807, 2.05) is 30.3 Å². The van der Waals surface area contributed by atoms with Gasteiger partial charge in [0.25, 0.3) is 0 Å². The summed E-state index contributed by atoms with van der Waals surface area (Å²) in [4.78, 5) is 23.3. The van der Waals surface area contributed by atoms with Crippen LogP contribution in [-0.2, 0) is 16.1 Å². The molecule has 0 aromatic heterocycles. The Bertz CT molecular complexity index is 649. The van der Waals surface area contributed by atoms with E-state index < -0.39 is 12.1 Å². The first kappa shape index (κ1) is 15.8. The summed E-state index contributed by atoms with van der Waals surface area (Å²) >= 11 is 0. The molecule has 0 amide bonds. The van der Waals surface area contributed by atoms with Crippen LogP contribution in [0.5, 0.6) is 5.75 Å². The van der Waals surface area contributed by atoms with Gasteiger partial charge in [-0.25, -0.2) is 4.79 Å². The monoisotopic (exact) mass is 298 g/mol. The van der Waals surface area contributed by atoms with Crippen LogP contribution in [0.1, 0.15) is 29.8 Å². The maximum atomic E-state index is 11.9. The summed E-state index contributed by atoms with van der Waals surface area (Å²) in [5, 5.41) is 0. The molecule has 2 aromatic rings. The van der Waals surface area contributed by atoms with Crippen molar-refractivity contribution >= 4 is 11.8 Å². The van der Waals surface area contributed by atoms with Gasteiger partial charge in [0.1, 0.15) is 12.4 Å². The summed E-state index contributed by atoms with van der Waals surface area (Å²) in [6.45, 7) is 3.31. The lowest BCUT2D eigenvalue weighted by Gasteiger charge is -2.14. The van der Waals surface area contributed by atoms with Crippen LogP contribution in [0, 0.1) is 0 Å². The van der Waals surface area contributed by atoms with Crippen molar-refractivity contribution in [3.63, 3.8) is 0 Å². The van der Waals surface area contributed by atoms with Gasteiger partial charge in [-0.15, -0.1) is 0 Å². The van der Waals surface area contributed by atoms with E-state index in [4.69, 9.17) is 9.47 Å². The Hall–Kier alpha value is -2.62. The van der Waals surface area contributed by atoms with Gasteiger partial charge in [0.05, 0.1) is 0 Å². The van der Waals surface area contributed by atoms with E-state index in [1.54, 1.807) is 31.2 Å². The van der Waals surface area contributed by atoms with E-state index >= 15 is 0 Å². The Labute approximate surface area is 129 Å². The summed E-state index contributed by atoms with van der Waals surface area (Å²) in [6, 6.07) is 16.2.